The average molecular weight is 366 g/mol. The van der Waals surface area contributed by atoms with Gasteiger partial charge in [0.05, 0.1) is 16.7 Å². The minimum Gasteiger partial charge on any atom is -0.333 e. The van der Waals surface area contributed by atoms with Crippen LogP contribution >= 0.6 is 0 Å². The zero-order valence-electron chi connectivity index (χ0n) is 14.4. The molecule has 8 heteroatoms. The highest BCUT2D eigenvalue weighted by Gasteiger charge is 2.31. The van der Waals surface area contributed by atoms with E-state index >= 15 is 0 Å². The van der Waals surface area contributed by atoms with Crippen LogP contribution in [0.25, 0.3) is 0 Å². The minimum absolute atomic E-state index is 0.0713. The average Bonchev–Trinajstić information content (AvgIpc) is 3.03. The van der Waals surface area contributed by atoms with E-state index in [9.17, 15) is 19.7 Å². The van der Waals surface area contributed by atoms with Crippen molar-refractivity contribution < 1.29 is 14.5 Å². The van der Waals surface area contributed by atoms with E-state index in [0.717, 1.165) is 5.56 Å². The first-order valence-electron chi connectivity index (χ1n) is 8.42. The van der Waals surface area contributed by atoms with Crippen molar-refractivity contribution in [2.75, 3.05) is 13.1 Å². The minimum atomic E-state index is -0.518. The SMILES string of the molecule is O=C(CN1C[C@H](c2ccccc2)CC1=O)N/N=C\c1ccccc1[N+](=O)[O-]. The maximum atomic E-state index is 12.1. The summed E-state index contributed by atoms with van der Waals surface area (Å²) in [6, 6.07) is 15.8. The highest BCUT2D eigenvalue weighted by molar-refractivity contribution is 5.89. The third kappa shape index (κ3) is 4.55. The standard InChI is InChI=1S/C19H18N4O4/c24-18(21-20-11-15-8-4-5-9-17(15)23(26)27)13-22-12-16(10-19(22)25)14-6-2-1-3-7-14/h1-9,11,16H,10,12-13H2,(H,21,24)/b20-11-/t16-/m1/s1. The molecule has 2 amide bonds. The third-order valence-corrected chi connectivity index (χ3v) is 4.35. The summed E-state index contributed by atoms with van der Waals surface area (Å²) in [4.78, 5) is 36.1. The zero-order chi connectivity index (χ0) is 19.2. The van der Waals surface area contributed by atoms with E-state index < -0.39 is 10.8 Å². The van der Waals surface area contributed by atoms with Crippen LogP contribution < -0.4 is 5.43 Å². The number of amides is 2. The Morgan fingerprint density at radius 2 is 1.93 bits per heavy atom. The molecule has 1 aliphatic heterocycles. The van der Waals surface area contributed by atoms with Gasteiger partial charge < -0.3 is 4.90 Å². The Morgan fingerprint density at radius 1 is 1.22 bits per heavy atom. The summed E-state index contributed by atoms with van der Waals surface area (Å²) in [6.07, 6.45) is 1.59. The van der Waals surface area contributed by atoms with E-state index in [1.165, 1.54) is 23.2 Å². The van der Waals surface area contributed by atoms with E-state index in [-0.39, 0.29) is 29.6 Å². The first-order valence-corrected chi connectivity index (χ1v) is 8.42. The summed E-state index contributed by atoms with van der Waals surface area (Å²) < 4.78 is 0. The van der Waals surface area contributed by atoms with E-state index in [1.54, 1.807) is 12.1 Å². The molecule has 0 aliphatic carbocycles. The molecular formula is C19H18N4O4. The van der Waals surface area contributed by atoms with E-state index in [4.69, 9.17) is 0 Å². The van der Waals surface area contributed by atoms with Crippen molar-refractivity contribution in [3.8, 4) is 0 Å². The number of para-hydroxylation sites is 1. The fourth-order valence-electron chi connectivity index (χ4n) is 3.02. The first kappa shape index (κ1) is 18.2. The maximum Gasteiger partial charge on any atom is 0.278 e. The monoisotopic (exact) mass is 366 g/mol. The van der Waals surface area contributed by atoms with Crippen LogP contribution in [0.2, 0.25) is 0 Å². The maximum absolute atomic E-state index is 12.1. The number of nitro benzene ring substituents is 1. The number of likely N-dealkylation sites (tertiary alicyclic amines) is 1. The second-order valence-corrected chi connectivity index (χ2v) is 6.20. The molecule has 1 saturated heterocycles. The van der Waals surface area contributed by atoms with Crippen LogP contribution in [0.3, 0.4) is 0 Å². The molecule has 1 aliphatic rings. The molecule has 2 aromatic rings. The predicted octanol–water partition coefficient (Wildman–Crippen LogP) is 2.06. The van der Waals surface area contributed by atoms with Gasteiger partial charge in [0.2, 0.25) is 5.91 Å². The molecule has 0 bridgehead atoms. The summed E-state index contributed by atoms with van der Waals surface area (Å²) >= 11 is 0. The Hall–Kier alpha value is -3.55. The number of nitrogens with zero attached hydrogens (tertiary/aromatic N) is 3. The van der Waals surface area contributed by atoms with Crippen LogP contribution in [0.5, 0.6) is 0 Å². The molecular weight excluding hydrogens is 348 g/mol. The van der Waals surface area contributed by atoms with Crippen molar-refractivity contribution in [3.63, 3.8) is 0 Å². The molecule has 1 N–H and O–H groups in total. The second-order valence-electron chi connectivity index (χ2n) is 6.20. The van der Waals surface area contributed by atoms with Crippen molar-refractivity contribution in [2.24, 2.45) is 5.10 Å². The number of benzene rings is 2. The Morgan fingerprint density at radius 3 is 2.67 bits per heavy atom. The number of nitro groups is 1. The molecule has 0 radical (unpaired) electrons. The fraction of sp³-hybridized carbons (Fsp3) is 0.211. The Labute approximate surface area is 155 Å². The molecule has 1 fully saturated rings. The quantitative estimate of drug-likeness (QED) is 0.480. The Bertz CT molecular complexity index is 882. The van der Waals surface area contributed by atoms with Gasteiger partial charge in [-0.1, -0.05) is 42.5 Å². The fourth-order valence-corrected chi connectivity index (χ4v) is 3.02. The van der Waals surface area contributed by atoms with Crippen molar-refractivity contribution >= 4 is 23.7 Å². The molecule has 1 heterocycles. The van der Waals surface area contributed by atoms with Crippen molar-refractivity contribution in [3.05, 3.63) is 75.8 Å². The number of rotatable bonds is 6. The van der Waals surface area contributed by atoms with Crippen LogP contribution in [0, 0.1) is 10.1 Å². The Balaban J connectivity index is 1.55. The normalized spacial score (nSPS) is 16.7. The van der Waals surface area contributed by atoms with Gasteiger partial charge in [-0.2, -0.15) is 5.10 Å². The molecule has 0 saturated carbocycles. The van der Waals surface area contributed by atoms with Crippen LogP contribution in [0.4, 0.5) is 5.69 Å². The van der Waals surface area contributed by atoms with Crippen LogP contribution in [0.15, 0.2) is 59.7 Å². The highest BCUT2D eigenvalue weighted by atomic mass is 16.6. The molecule has 8 nitrogen and oxygen atoms in total. The van der Waals surface area contributed by atoms with Gasteiger partial charge in [-0.15, -0.1) is 0 Å². The number of carbonyl (C=O) groups is 2. The van der Waals surface area contributed by atoms with Gasteiger partial charge in [0.15, 0.2) is 0 Å². The van der Waals surface area contributed by atoms with Crippen molar-refractivity contribution in [2.45, 2.75) is 12.3 Å². The van der Waals surface area contributed by atoms with E-state index in [0.29, 0.717) is 13.0 Å². The Kier molecular flexibility index (Phi) is 5.55. The van der Waals surface area contributed by atoms with Gasteiger partial charge in [0.25, 0.3) is 11.6 Å². The zero-order valence-corrected chi connectivity index (χ0v) is 14.4. The number of nitrogens with one attached hydrogen (secondary N) is 1. The smallest absolute Gasteiger partial charge is 0.278 e. The van der Waals surface area contributed by atoms with Crippen LogP contribution in [0.1, 0.15) is 23.5 Å². The van der Waals surface area contributed by atoms with Gasteiger partial charge in [-0.05, 0) is 11.6 Å². The number of hydrogen-bond acceptors (Lipinski definition) is 5. The molecule has 0 unspecified atom stereocenters. The van der Waals surface area contributed by atoms with E-state index in [2.05, 4.69) is 10.5 Å². The molecule has 3 rings (SSSR count). The first-order chi connectivity index (χ1) is 13.0. The molecule has 27 heavy (non-hydrogen) atoms. The summed E-state index contributed by atoms with van der Waals surface area (Å²) in [7, 11) is 0. The van der Waals surface area contributed by atoms with Gasteiger partial charge in [0.1, 0.15) is 6.54 Å². The lowest BCUT2D eigenvalue weighted by Crippen LogP contribution is -2.36. The van der Waals surface area contributed by atoms with Gasteiger partial charge in [-0.25, -0.2) is 5.43 Å². The van der Waals surface area contributed by atoms with Crippen LogP contribution in [-0.4, -0.2) is 40.9 Å². The van der Waals surface area contributed by atoms with Gasteiger partial charge >= 0.3 is 0 Å². The van der Waals surface area contributed by atoms with E-state index in [1.807, 2.05) is 30.3 Å². The number of hydrazone groups is 1. The van der Waals surface area contributed by atoms with Gasteiger partial charge in [0, 0.05) is 24.9 Å². The molecule has 0 spiro atoms. The summed E-state index contributed by atoms with van der Waals surface area (Å²) in [5.74, 6) is -0.462. The molecule has 2 aromatic carbocycles. The summed E-state index contributed by atoms with van der Waals surface area (Å²) in [5, 5.41) is 14.7. The molecule has 0 aromatic heterocycles. The van der Waals surface area contributed by atoms with Crippen molar-refractivity contribution in [1.29, 1.82) is 0 Å². The lowest BCUT2D eigenvalue weighted by atomic mass is 9.99. The molecule has 1 atom stereocenters. The number of hydrogen-bond donors (Lipinski definition) is 1. The van der Waals surface area contributed by atoms with Crippen LogP contribution in [-0.2, 0) is 9.59 Å². The molecule has 138 valence electrons. The van der Waals surface area contributed by atoms with Crippen molar-refractivity contribution in [1.82, 2.24) is 10.3 Å². The largest absolute Gasteiger partial charge is 0.333 e. The summed E-state index contributed by atoms with van der Waals surface area (Å²) in [5.41, 5.74) is 3.57. The van der Waals surface area contributed by atoms with Gasteiger partial charge in [-0.3, -0.25) is 19.7 Å². The third-order valence-electron chi connectivity index (χ3n) is 4.35. The predicted molar refractivity (Wildman–Crippen MR) is 99.2 cm³/mol. The second kappa shape index (κ2) is 8.22. The number of carbonyl (C=O) groups excluding carboxylic acids is 2. The lowest BCUT2D eigenvalue weighted by Gasteiger charge is -2.15. The topological polar surface area (TPSA) is 105 Å². The highest BCUT2D eigenvalue weighted by Crippen LogP contribution is 2.27. The lowest BCUT2D eigenvalue weighted by molar-refractivity contribution is -0.385. The summed E-state index contributed by atoms with van der Waals surface area (Å²) in [6.45, 7) is 0.376.